The molecule has 3 aromatic rings. The van der Waals surface area contributed by atoms with Gasteiger partial charge in [0.15, 0.2) is 0 Å². The largest absolute Gasteiger partial charge is 0.318 e. The van der Waals surface area contributed by atoms with Crippen molar-refractivity contribution in [3.8, 4) is 0 Å². The number of hydrogen-bond donors (Lipinski definition) is 1. The number of carbonyl (C=O) groups is 1. The van der Waals surface area contributed by atoms with E-state index < -0.39 is 0 Å². The van der Waals surface area contributed by atoms with Crippen LogP contribution in [0.1, 0.15) is 21.7 Å². The van der Waals surface area contributed by atoms with Crippen LogP contribution in [0.5, 0.6) is 0 Å². The van der Waals surface area contributed by atoms with E-state index in [1.165, 1.54) is 23.0 Å². The van der Waals surface area contributed by atoms with Crippen LogP contribution in [0.4, 0.5) is 10.1 Å². The van der Waals surface area contributed by atoms with Gasteiger partial charge >= 0.3 is 0 Å². The zero-order valence-electron chi connectivity index (χ0n) is 13.4. The molecule has 0 spiro atoms. The summed E-state index contributed by atoms with van der Waals surface area (Å²) in [6, 6.07) is 4.20. The molecule has 0 aliphatic rings. The maximum Gasteiger partial charge on any atom is 0.275 e. The number of benzene rings is 1. The molecule has 0 radical (unpaired) electrons. The second kappa shape index (κ2) is 6.97. The first-order valence-corrected chi connectivity index (χ1v) is 8.49. The molecule has 0 saturated carbocycles. The summed E-state index contributed by atoms with van der Waals surface area (Å²) >= 11 is 9.39. The van der Waals surface area contributed by atoms with Crippen molar-refractivity contribution in [2.75, 3.05) is 5.32 Å². The highest BCUT2D eigenvalue weighted by molar-refractivity contribution is 9.10. The van der Waals surface area contributed by atoms with E-state index in [-0.39, 0.29) is 11.7 Å². The minimum absolute atomic E-state index is 0.297. The van der Waals surface area contributed by atoms with E-state index >= 15 is 0 Å². The predicted molar refractivity (Wildman–Crippen MR) is 96.3 cm³/mol. The third-order valence-corrected chi connectivity index (χ3v) is 4.90. The van der Waals surface area contributed by atoms with Crippen LogP contribution >= 0.6 is 27.5 Å². The molecule has 0 unspecified atom stereocenters. The lowest BCUT2D eigenvalue weighted by atomic mass is 10.2. The second-order valence-electron chi connectivity index (χ2n) is 5.49. The van der Waals surface area contributed by atoms with Crippen molar-refractivity contribution in [1.82, 2.24) is 19.6 Å². The first kappa shape index (κ1) is 17.6. The van der Waals surface area contributed by atoms with Crippen LogP contribution < -0.4 is 5.32 Å². The van der Waals surface area contributed by atoms with Crippen LogP contribution in [0.2, 0.25) is 5.02 Å². The van der Waals surface area contributed by atoms with Gasteiger partial charge in [-0.05, 0) is 40.5 Å². The van der Waals surface area contributed by atoms with Crippen LogP contribution in [0, 0.1) is 12.7 Å². The Morgan fingerprint density at radius 3 is 2.84 bits per heavy atom. The number of aryl methyl sites for hydroxylation is 2. The molecule has 0 atom stereocenters. The molecule has 0 bridgehead atoms. The third kappa shape index (κ3) is 3.74. The minimum atomic E-state index is -0.390. The summed E-state index contributed by atoms with van der Waals surface area (Å²) in [7, 11) is 1.70. The lowest BCUT2D eigenvalue weighted by molar-refractivity contribution is 0.101. The molecule has 0 fully saturated rings. The van der Waals surface area contributed by atoms with Gasteiger partial charge in [0.2, 0.25) is 0 Å². The van der Waals surface area contributed by atoms with Gasteiger partial charge in [-0.2, -0.15) is 10.2 Å². The average Bonchev–Trinajstić information content (AvgIpc) is 3.06. The van der Waals surface area contributed by atoms with Crippen molar-refractivity contribution in [3.63, 3.8) is 0 Å². The van der Waals surface area contributed by atoms with Gasteiger partial charge in [0.25, 0.3) is 5.91 Å². The van der Waals surface area contributed by atoms with E-state index in [1.54, 1.807) is 24.0 Å². The number of nitrogens with one attached hydrogen (secondary N) is 1. The summed E-state index contributed by atoms with van der Waals surface area (Å²) in [5, 5.41) is 11.5. The number of rotatable bonds is 4. The molecule has 130 valence electrons. The zero-order chi connectivity index (χ0) is 18.1. The van der Waals surface area contributed by atoms with Gasteiger partial charge in [0, 0.05) is 18.3 Å². The number of carbonyl (C=O) groups excluding carboxylic acids is 1. The molecule has 6 nitrogen and oxygen atoms in total. The maximum absolute atomic E-state index is 13.1. The predicted octanol–water partition coefficient (Wildman–Crippen LogP) is 3.78. The molecule has 1 N–H and O–H groups in total. The molecule has 2 heterocycles. The highest BCUT2D eigenvalue weighted by Crippen LogP contribution is 2.22. The summed E-state index contributed by atoms with van der Waals surface area (Å²) in [6.07, 6.45) is 3.21. The molecular formula is C16H14BrClFN5O. The Hall–Kier alpha value is -2.19. The van der Waals surface area contributed by atoms with Gasteiger partial charge < -0.3 is 5.32 Å². The average molecular weight is 427 g/mol. The summed E-state index contributed by atoms with van der Waals surface area (Å²) in [6.45, 7) is 2.18. The fourth-order valence-corrected chi connectivity index (χ4v) is 3.15. The summed E-state index contributed by atoms with van der Waals surface area (Å²) in [5.41, 5.74) is 2.42. The van der Waals surface area contributed by atoms with Gasteiger partial charge in [0.1, 0.15) is 11.5 Å². The molecule has 1 aromatic carbocycles. The molecule has 9 heteroatoms. The van der Waals surface area contributed by atoms with Gasteiger partial charge in [-0.15, -0.1) is 0 Å². The molecule has 0 aliphatic heterocycles. The van der Waals surface area contributed by atoms with Crippen LogP contribution in [0.25, 0.3) is 0 Å². The summed E-state index contributed by atoms with van der Waals surface area (Å²) < 4.78 is 16.9. The number of hydrogen-bond acceptors (Lipinski definition) is 3. The smallest absolute Gasteiger partial charge is 0.275 e. The Morgan fingerprint density at radius 1 is 1.44 bits per heavy atom. The molecule has 3 rings (SSSR count). The van der Waals surface area contributed by atoms with E-state index in [4.69, 9.17) is 11.6 Å². The maximum atomic E-state index is 13.1. The second-order valence-corrected chi connectivity index (χ2v) is 6.69. The Balaban J connectivity index is 1.74. The lowest BCUT2D eigenvalue weighted by Gasteiger charge is -2.05. The third-order valence-electron chi connectivity index (χ3n) is 3.60. The summed E-state index contributed by atoms with van der Waals surface area (Å²) in [4.78, 5) is 12.4. The molecule has 0 aliphatic carbocycles. The molecular weight excluding hydrogens is 413 g/mol. The van der Waals surface area contributed by atoms with E-state index in [1.807, 2.05) is 6.92 Å². The van der Waals surface area contributed by atoms with E-state index in [0.29, 0.717) is 27.4 Å². The normalized spacial score (nSPS) is 10.9. The summed E-state index contributed by atoms with van der Waals surface area (Å²) in [5.74, 6) is -0.687. The van der Waals surface area contributed by atoms with Crippen molar-refractivity contribution >= 4 is 39.1 Å². The van der Waals surface area contributed by atoms with E-state index in [9.17, 15) is 9.18 Å². The van der Waals surface area contributed by atoms with E-state index in [0.717, 1.165) is 11.3 Å². The van der Waals surface area contributed by atoms with Crippen LogP contribution in [-0.4, -0.2) is 25.5 Å². The van der Waals surface area contributed by atoms with Crippen LogP contribution in [-0.2, 0) is 13.6 Å². The van der Waals surface area contributed by atoms with Gasteiger partial charge in [-0.25, -0.2) is 4.39 Å². The van der Waals surface area contributed by atoms with Gasteiger partial charge in [-0.3, -0.25) is 14.2 Å². The Bertz CT molecular complexity index is 952. The van der Waals surface area contributed by atoms with E-state index in [2.05, 4.69) is 31.4 Å². The first-order valence-electron chi connectivity index (χ1n) is 7.32. The number of amides is 1. The van der Waals surface area contributed by atoms with Crippen LogP contribution in [0.3, 0.4) is 0 Å². The lowest BCUT2D eigenvalue weighted by Crippen LogP contribution is -2.16. The zero-order valence-corrected chi connectivity index (χ0v) is 15.8. The molecule has 2 aromatic heterocycles. The highest BCUT2D eigenvalue weighted by Gasteiger charge is 2.18. The Labute approximate surface area is 156 Å². The molecule has 1 amide bonds. The van der Waals surface area contributed by atoms with Crippen molar-refractivity contribution in [2.24, 2.45) is 7.05 Å². The number of anilines is 1. The van der Waals surface area contributed by atoms with Crippen molar-refractivity contribution < 1.29 is 9.18 Å². The topological polar surface area (TPSA) is 64.7 Å². The molecule has 0 saturated heterocycles. The number of aromatic nitrogens is 4. The van der Waals surface area contributed by atoms with Crippen molar-refractivity contribution in [2.45, 2.75) is 13.5 Å². The van der Waals surface area contributed by atoms with Gasteiger partial charge in [-0.1, -0.05) is 17.7 Å². The van der Waals surface area contributed by atoms with Crippen molar-refractivity contribution in [3.05, 3.63) is 62.9 Å². The fraction of sp³-hybridized carbons (Fsp3) is 0.188. The molecule has 25 heavy (non-hydrogen) atoms. The van der Waals surface area contributed by atoms with Crippen molar-refractivity contribution in [1.29, 1.82) is 0 Å². The minimum Gasteiger partial charge on any atom is -0.318 e. The fourth-order valence-electron chi connectivity index (χ4n) is 2.41. The Kier molecular flexibility index (Phi) is 4.91. The Morgan fingerprint density at radius 2 is 2.20 bits per heavy atom. The monoisotopic (exact) mass is 425 g/mol. The number of halogens is 3. The number of nitrogens with zero attached hydrogens (tertiary/aromatic N) is 4. The first-order chi connectivity index (χ1) is 11.8. The quantitative estimate of drug-likeness (QED) is 0.690. The SMILES string of the molecule is Cc1nn(C)c(C(=O)Nc2cnn(Cc3ccc(F)cc3Cl)c2)c1Br. The standard InChI is InChI=1S/C16H14BrClFN5O/c1-9-14(17)15(23(2)22-9)16(25)21-12-6-20-24(8-12)7-10-3-4-11(19)5-13(10)18/h3-6,8H,7H2,1-2H3,(H,21,25). The van der Waals surface area contributed by atoms with Crippen LogP contribution in [0.15, 0.2) is 35.1 Å². The van der Waals surface area contributed by atoms with Gasteiger partial charge in [0.05, 0.1) is 28.6 Å². The highest BCUT2D eigenvalue weighted by atomic mass is 79.9.